The maximum absolute atomic E-state index is 3.26. The van der Waals surface area contributed by atoms with Gasteiger partial charge in [-0.1, -0.05) is 75.4 Å². The Labute approximate surface area is 189 Å². The van der Waals surface area contributed by atoms with Crippen LogP contribution in [0.5, 0.6) is 0 Å². The van der Waals surface area contributed by atoms with E-state index in [1.54, 1.807) is 0 Å². The summed E-state index contributed by atoms with van der Waals surface area (Å²) in [7, 11) is 0. The van der Waals surface area contributed by atoms with Crippen LogP contribution < -0.4 is 24.8 Å². The SMILES string of the molecule is CC1[C-]=CC(C(C)(C)C)=C1.[Cl-].[Cl-].[Zr+4].c1ccc2c(c1)[cH-]c1ccccc12. The summed E-state index contributed by atoms with van der Waals surface area (Å²) >= 11 is 0. The fraction of sp³-hybridized carbons (Fsp3) is 0.261. The van der Waals surface area contributed by atoms with E-state index in [0.717, 1.165) is 0 Å². The standard InChI is InChI=1S/C13H9.C10H15.2ClH.Zr/c1-3-7-12-10(5-1)9-11-6-2-4-8-13(11)12;1-8-5-6-9(7-8)10(2,3)4;;;/h1-9H;6-8H,1-4H3;2*1H;/q2*-1;;;+4/p-2. The minimum atomic E-state index is 0. The van der Waals surface area contributed by atoms with Gasteiger partial charge in [0, 0.05) is 0 Å². The van der Waals surface area contributed by atoms with E-state index in [9.17, 15) is 0 Å². The molecule has 1 aliphatic carbocycles. The molecule has 0 saturated carbocycles. The second-order valence-corrected chi connectivity index (χ2v) is 7.29. The third-order valence-corrected chi connectivity index (χ3v) is 4.32. The molecule has 0 nitrogen and oxygen atoms in total. The molecule has 0 aromatic heterocycles. The molecular formula is C23H24Cl2Zr. The van der Waals surface area contributed by atoms with E-state index < -0.39 is 0 Å². The number of rotatable bonds is 0. The molecule has 0 saturated heterocycles. The molecule has 0 aliphatic heterocycles. The van der Waals surface area contributed by atoms with Gasteiger partial charge in [-0.3, -0.25) is 6.08 Å². The van der Waals surface area contributed by atoms with Gasteiger partial charge in [0.25, 0.3) is 0 Å². The Hall–Kier alpha value is -0.747. The summed E-state index contributed by atoms with van der Waals surface area (Å²) in [5.74, 6) is 0.522. The summed E-state index contributed by atoms with van der Waals surface area (Å²) in [4.78, 5) is 0. The monoisotopic (exact) mass is 460 g/mol. The summed E-state index contributed by atoms with van der Waals surface area (Å²) in [5.41, 5.74) is 1.72. The van der Waals surface area contributed by atoms with Crippen LogP contribution in [0, 0.1) is 17.4 Å². The van der Waals surface area contributed by atoms with Crippen LogP contribution in [0.3, 0.4) is 0 Å². The van der Waals surface area contributed by atoms with Crippen molar-refractivity contribution in [2.24, 2.45) is 11.3 Å². The van der Waals surface area contributed by atoms with E-state index >= 15 is 0 Å². The molecule has 3 aromatic carbocycles. The van der Waals surface area contributed by atoms with Gasteiger partial charge in [-0.15, -0.1) is 39.7 Å². The van der Waals surface area contributed by atoms with Crippen molar-refractivity contribution in [3.05, 3.63) is 78.4 Å². The first-order chi connectivity index (χ1) is 10.9. The van der Waals surface area contributed by atoms with Gasteiger partial charge >= 0.3 is 26.2 Å². The van der Waals surface area contributed by atoms with Crippen molar-refractivity contribution in [3.63, 3.8) is 0 Å². The van der Waals surface area contributed by atoms with Crippen LogP contribution in [0.15, 0.2) is 72.3 Å². The van der Waals surface area contributed by atoms with Gasteiger partial charge in [-0.05, 0) is 0 Å². The Morgan fingerprint density at radius 3 is 1.65 bits per heavy atom. The molecule has 1 unspecified atom stereocenters. The topological polar surface area (TPSA) is 0 Å². The van der Waals surface area contributed by atoms with Gasteiger partial charge in [-0.2, -0.15) is 11.6 Å². The van der Waals surface area contributed by atoms with Crippen molar-refractivity contribution in [1.82, 2.24) is 0 Å². The molecule has 0 bridgehead atoms. The first kappa shape index (κ1) is 25.3. The normalized spacial score (nSPS) is 15.2. The summed E-state index contributed by atoms with van der Waals surface area (Å²) in [5, 5.41) is 5.39. The van der Waals surface area contributed by atoms with Gasteiger partial charge in [0.1, 0.15) is 0 Å². The van der Waals surface area contributed by atoms with Crippen molar-refractivity contribution in [2.45, 2.75) is 27.7 Å². The van der Waals surface area contributed by atoms with Crippen LogP contribution in [-0.4, -0.2) is 0 Å². The van der Waals surface area contributed by atoms with E-state index in [-0.39, 0.29) is 51.0 Å². The predicted molar refractivity (Wildman–Crippen MR) is 102 cm³/mol. The summed E-state index contributed by atoms with van der Waals surface area (Å²) in [6.07, 6.45) is 7.65. The molecule has 4 rings (SSSR count). The first-order valence-electron chi connectivity index (χ1n) is 8.30. The minimum absolute atomic E-state index is 0. The molecule has 0 radical (unpaired) electrons. The maximum atomic E-state index is 3.26. The van der Waals surface area contributed by atoms with Gasteiger partial charge in [0.05, 0.1) is 0 Å². The molecule has 0 heterocycles. The number of hydrogen-bond acceptors (Lipinski definition) is 0. The molecular weight excluding hydrogens is 438 g/mol. The number of hydrogen-bond donors (Lipinski definition) is 0. The molecule has 134 valence electrons. The summed E-state index contributed by atoms with van der Waals surface area (Å²) in [6.45, 7) is 8.86. The van der Waals surface area contributed by atoms with Crippen molar-refractivity contribution in [1.29, 1.82) is 0 Å². The van der Waals surface area contributed by atoms with Crippen LogP contribution in [0.4, 0.5) is 0 Å². The van der Waals surface area contributed by atoms with E-state index in [0.29, 0.717) is 11.3 Å². The minimum Gasteiger partial charge on any atom is -1.00 e. The van der Waals surface area contributed by atoms with Crippen LogP contribution in [0.25, 0.3) is 21.5 Å². The van der Waals surface area contributed by atoms with E-state index in [2.05, 4.69) is 101 Å². The quantitative estimate of drug-likeness (QED) is 0.432. The average Bonchev–Trinajstić information content (AvgIpc) is 3.11. The molecule has 1 atom stereocenters. The van der Waals surface area contributed by atoms with Gasteiger partial charge < -0.3 is 24.8 Å². The zero-order chi connectivity index (χ0) is 16.4. The van der Waals surface area contributed by atoms with E-state index in [4.69, 9.17) is 0 Å². The predicted octanol–water partition coefficient (Wildman–Crippen LogP) is 0.685. The Bertz CT molecular complexity index is 831. The molecule has 1 aliphatic rings. The van der Waals surface area contributed by atoms with Crippen LogP contribution in [-0.2, 0) is 26.2 Å². The molecule has 3 aromatic rings. The number of benzene rings is 2. The third-order valence-electron chi connectivity index (χ3n) is 4.32. The van der Waals surface area contributed by atoms with Crippen LogP contribution in [0.2, 0.25) is 0 Å². The van der Waals surface area contributed by atoms with Crippen molar-refractivity contribution in [2.75, 3.05) is 0 Å². The van der Waals surface area contributed by atoms with Crippen molar-refractivity contribution < 1.29 is 51.0 Å². The Morgan fingerprint density at radius 1 is 0.846 bits per heavy atom. The molecule has 0 N–H and O–H groups in total. The van der Waals surface area contributed by atoms with Gasteiger partial charge in [0.15, 0.2) is 0 Å². The number of allylic oxidation sites excluding steroid dienone is 4. The Kier molecular flexibility index (Phi) is 10.2. The second kappa shape index (κ2) is 10.6. The van der Waals surface area contributed by atoms with Crippen molar-refractivity contribution >= 4 is 21.5 Å². The van der Waals surface area contributed by atoms with Gasteiger partial charge in [0.2, 0.25) is 0 Å². The largest absolute Gasteiger partial charge is 4.00 e. The fourth-order valence-corrected chi connectivity index (χ4v) is 2.96. The summed E-state index contributed by atoms with van der Waals surface area (Å²) < 4.78 is 0. The zero-order valence-corrected chi connectivity index (χ0v) is 19.7. The molecule has 3 heteroatoms. The maximum Gasteiger partial charge on any atom is 4.00 e. The van der Waals surface area contributed by atoms with E-state index in [1.807, 2.05) is 0 Å². The Morgan fingerprint density at radius 2 is 1.31 bits per heavy atom. The van der Waals surface area contributed by atoms with Crippen LogP contribution >= 0.6 is 0 Å². The van der Waals surface area contributed by atoms with Crippen LogP contribution in [0.1, 0.15) is 27.7 Å². The first-order valence-corrected chi connectivity index (χ1v) is 8.30. The smallest absolute Gasteiger partial charge is 1.00 e. The number of halogens is 2. The Balaban J connectivity index is 0.000000445. The molecule has 26 heavy (non-hydrogen) atoms. The summed E-state index contributed by atoms with van der Waals surface area (Å²) in [6, 6.07) is 19.3. The van der Waals surface area contributed by atoms with E-state index in [1.165, 1.54) is 27.1 Å². The van der Waals surface area contributed by atoms with Gasteiger partial charge in [-0.25, -0.2) is 6.08 Å². The molecule has 0 fully saturated rings. The third kappa shape index (κ3) is 5.88. The van der Waals surface area contributed by atoms with Crippen molar-refractivity contribution in [3.8, 4) is 0 Å². The molecule has 0 spiro atoms. The molecule has 0 amide bonds. The number of fused-ring (bicyclic) bond motifs is 3. The second-order valence-electron chi connectivity index (χ2n) is 7.29. The zero-order valence-electron chi connectivity index (χ0n) is 15.7. The average molecular weight is 463 g/mol. The fourth-order valence-electron chi connectivity index (χ4n) is 2.96.